The summed E-state index contributed by atoms with van der Waals surface area (Å²) in [5.41, 5.74) is 2.40. The molecule has 2 rings (SSSR count). The summed E-state index contributed by atoms with van der Waals surface area (Å²) in [5.74, 6) is 0.599. The van der Waals surface area contributed by atoms with Crippen molar-refractivity contribution in [3.8, 4) is 0 Å². The van der Waals surface area contributed by atoms with Crippen LogP contribution >= 0.6 is 0 Å². The van der Waals surface area contributed by atoms with E-state index in [9.17, 15) is 13.2 Å². The number of hydrogen-bond donors (Lipinski definition) is 1. The Bertz CT molecular complexity index is 716. The van der Waals surface area contributed by atoms with E-state index in [1.165, 1.54) is 16.1 Å². The van der Waals surface area contributed by atoms with Crippen molar-refractivity contribution in [1.82, 2.24) is 14.5 Å². The summed E-state index contributed by atoms with van der Waals surface area (Å²) in [6.45, 7) is 8.98. The highest BCUT2D eigenvalue weighted by Crippen LogP contribution is 2.15. The molecule has 6 nitrogen and oxygen atoms in total. The Morgan fingerprint density at radius 1 is 1.07 bits per heavy atom. The molecule has 7 heteroatoms. The lowest BCUT2D eigenvalue weighted by Crippen LogP contribution is -2.40. The molecule has 1 N–H and O–H groups in total. The van der Waals surface area contributed by atoms with Crippen LogP contribution in [0.25, 0.3) is 0 Å². The van der Waals surface area contributed by atoms with Crippen molar-refractivity contribution < 1.29 is 13.2 Å². The summed E-state index contributed by atoms with van der Waals surface area (Å²) in [6.07, 6.45) is 3.04. The smallest absolute Gasteiger partial charge is 0.234 e. The summed E-state index contributed by atoms with van der Waals surface area (Å²) < 4.78 is 24.9. The van der Waals surface area contributed by atoms with Crippen LogP contribution in [-0.4, -0.2) is 62.5 Å². The monoisotopic (exact) mass is 395 g/mol. The minimum absolute atomic E-state index is 0.0263. The fraction of sp³-hybridized carbons (Fsp3) is 0.650. The van der Waals surface area contributed by atoms with Crippen LogP contribution in [0.5, 0.6) is 0 Å². The molecule has 1 aromatic rings. The van der Waals surface area contributed by atoms with E-state index in [0.29, 0.717) is 32.1 Å². The second-order valence-corrected chi connectivity index (χ2v) is 9.90. The Balaban J connectivity index is 1.84. The van der Waals surface area contributed by atoms with Crippen molar-refractivity contribution in [2.75, 3.05) is 39.0 Å². The predicted molar refractivity (Wildman–Crippen MR) is 109 cm³/mol. The Kier molecular flexibility index (Phi) is 7.82. The summed E-state index contributed by atoms with van der Waals surface area (Å²) in [4.78, 5) is 14.4. The lowest BCUT2D eigenvalue weighted by atomic mass is 10.00. The normalized spacial score (nSPS) is 18.3. The second-order valence-electron chi connectivity index (χ2n) is 7.92. The number of nitrogens with zero attached hydrogens (tertiary/aromatic N) is 2. The van der Waals surface area contributed by atoms with Crippen molar-refractivity contribution in [2.24, 2.45) is 5.92 Å². The van der Waals surface area contributed by atoms with E-state index in [1.54, 1.807) is 0 Å². The molecule has 27 heavy (non-hydrogen) atoms. The van der Waals surface area contributed by atoms with Crippen molar-refractivity contribution in [1.29, 1.82) is 0 Å². The van der Waals surface area contributed by atoms with Crippen molar-refractivity contribution in [2.45, 2.75) is 39.7 Å². The Morgan fingerprint density at radius 3 is 2.33 bits per heavy atom. The molecule has 1 aromatic carbocycles. The average molecular weight is 396 g/mol. The van der Waals surface area contributed by atoms with Gasteiger partial charge < -0.3 is 5.32 Å². The molecule has 0 aliphatic carbocycles. The molecule has 152 valence electrons. The Morgan fingerprint density at radius 2 is 1.74 bits per heavy atom. The highest BCUT2D eigenvalue weighted by molar-refractivity contribution is 7.88. The molecule has 1 saturated heterocycles. The largest absolute Gasteiger partial charge is 0.348 e. The van der Waals surface area contributed by atoms with E-state index in [2.05, 4.69) is 43.4 Å². The van der Waals surface area contributed by atoms with Gasteiger partial charge in [0.05, 0.1) is 18.8 Å². The molecule has 1 fully saturated rings. The number of nitrogens with one attached hydrogen (secondary N) is 1. The van der Waals surface area contributed by atoms with Crippen LogP contribution in [0.15, 0.2) is 24.3 Å². The van der Waals surface area contributed by atoms with E-state index in [4.69, 9.17) is 0 Å². The number of carbonyl (C=O) groups is 1. The summed E-state index contributed by atoms with van der Waals surface area (Å²) in [5, 5.41) is 3.05. The van der Waals surface area contributed by atoms with Crippen LogP contribution in [0, 0.1) is 5.92 Å². The highest BCUT2D eigenvalue weighted by atomic mass is 32.2. The molecule has 0 saturated carbocycles. The number of hydrogen-bond acceptors (Lipinski definition) is 4. The number of amides is 1. The van der Waals surface area contributed by atoms with Gasteiger partial charge in [0, 0.05) is 19.6 Å². The van der Waals surface area contributed by atoms with Gasteiger partial charge in [0.2, 0.25) is 15.9 Å². The molecule has 0 spiro atoms. The molecule has 1 heterocycles. The van der Waals surface area contributed by atoms with Crippen molar-refractivity contribution in [3.05, 3.63) is 35.4 Å². The van der Waals surface area contributed by atoms with Gasteiger partial charge in [-0.05, 0) is 43.4 Å². The SMILES string of the molecule is CC(C)Cc1ccc(C(C)NC(=O)CN2CCCN(S(C)(=O)=O)CC2)cc1. The van der Waals surface area contributed by atoms with Gasteiger partial charge in [-0.1, -0.05) is 38.1 Å². The maximum Gasteiger partial charge on any atom is 0.234 e. The van der Waals surface area contributed by atoms with Gasteiger partial charge in [-0.25, -0.2) is 12.7 Å². The first kappa shape index (κ1) is 21.9. The predicted octanol–water partition coefficient (Wildman–Crippen LogP) is 2.03. The van der Waals surface area contributed by atoms with Gasteiger partial charge in [-0.2, -0.15) is 0 Å². The quantitative estimate of drug-likeness (QED) is 0.767. The topological polar surface area (TPSA) is 69.7 Å². The zero-order valence-corrected chi connectivity index (χ0v) is 17.8. The van der Waals surface area contributed by atoms with Crippen LogP contribution in [-0.2, 0) is 21.2 Å². The van der Waals surface area contributed by atoms with Gasteiger partial charge in [0.25, 0.3) is 0 Å². The third kappa shape index (κ3) is 7.24. The number of rotatable bonds is 7. The van der Waals surface area contributed by atoms with Crippen LogP contribution in [0.3, 0.4) is 0 Å². The van der Waals surface area contributed by atoms with E-state index in [0.717, 1.165) is 24.9 Å². The van der Waals surface area contributed by atoms with Crippen LogP contribution in [0.2, 0.25) is 0 Å². The molecular formula is C20H33N3O3S. The van der Waals surface area contributed by atoms with Gasteiger partial charge in [-0.3, -0.25) is 9.69 Å². The molecule has 1 aliphatic rings. The first-order valence-corrected chi connectivity index (χ1v) is 11.6. The van der Waals surface area contributed by atoms with Crippen LogP contribution in [0.4, 0.5) is 0 Å². The van der Waals surface area contributed by atoms with E-state index >= 15 is 0 Å². The Labute approximate surface area is 164 Å². The molecule has 0 radical (unpaired) electrons. The summed E-state index contributed by atoms with van der Waals surface area (Å²) >= 11 is 0. The maximum absolute atomic E-state index is 12.4. The second kappa shape index (κ2) is 9.66. The molecule has 0 bridgehead atoms. The number of carbonyl (C=O) groups excluding carboxylic acids is 1. The standard InChI is InChI=1S/C20H33N3O3S/c1-16(2)14-18-6-8-19(9-7-18)17(3)21-20(24)15-22-10-5-11-23(13-12-22)27(4,25)26/h6-9,16-17H,5,10-15H2,1-4H3,(H,21,24). The highest BCUT2D eigenvalue weighted by Gasteiger charge is 2.22. The molecule has 1 aliphatic heterocycles. The molecule has 1 unspecified atom stereocenters. The van der Waals surface area contributed by atoms with Crippen LogP contribution in [0.1, 0.15) is 44.4 Å². The number of benzene rings is 1. The molecule has 1 amide bonds. The molecule has 0 aromatic heterocycles. The van der Waals surface area contributed by atoms with Crippen LogP contribution < -0.4 is 5.32 Å². The van der Waals surface area contributed by atoms with E-state index < -0.39 is 10.0 Å². The third-order valence-corrected chi connectivity index (χ3v) is 6.19. The zero-order valence-electron chi connectivity index (χ0n) is 16.9. The summed E-state index contributed by atoms with van der Waals surface area (Å²) in [6, 6.07) is 8.38. The van der Waals surface area contributed by atoms with Gasteiger partial charge in [-0.15, -0.1) is 0 Å². The third-order valence-electron chi connectivity index (χ3n) is 4.88. The minimum Gasteiger partial charge on any atom is -0.348 e. The fourth-order valence-electron chi connectivity index (χ4n) is 3.42. The van der Waals surface area contributed by atoms with Gasteiger partial charge in [0.15, 0.2) is 0 Å². The number of sulfonamides is 1. The molecular weight excluding hydrogens is 362 g/mol. The first-order chi connectivity index (χ1) is 12.6. The lowest BCUT2D eigenvalue weighted by molar-refractivity contribution is -0.122. The minimum atomic E-state index is -3.16. The summed E-state index contributed by atoms with van der Waals surface area (Å²) in [7, 11) is -3.16. The van der Waals surface area contributed by atoms with Crippen molar-refractivity contribution in [3.63, 3.8) is 0 Å². The van der Waals surface area contributed by atoms with E-state index in [-0.39, 0.29) is 11.9 Å². The first-order valence-electron chi connectivity index (χ1n) is 9.71. The maximum atomic E-state index is 12.4. The van der Waals surface area contributed by atoms with Gasteiger partial charge >= 0.3 is 0 Å². The Hall–Kier alpha value is -1.44. The zero-order chi connectivity index (χ0) is 20.0. The average Bonchev–Trinajstić information content (AvgIpc) is 2.80. The van der Waals surface area contributed by atoms with Crippen molar-refractivity contribution >= 4 is 15.9 Å². The lowest BCUT2D eigenvalue weighted by Gasteiger charge is -2.22. The fourth-order valence-corrected chi connectivity index (χ4v) is 4.30. The molecule has 1 atom stereocenters. The van der Waals surface area contributed by atoms with E-state index in [1.807, 2.05) is 11.8 Å². The van der Waals surface area contributed by atoms with Gasteiger partial charge in [0.1, 0.15) is 0 Å².